The van der Waals surface area contributed by atoms with E-state index in [9.17, 15) is 13.6 Å². The number of nitrogens with zero attached hydrogens (tertiary/aromatic N) is 2. The number of ether oxygens (including phenoxy) is 1. The van der Waals surface area contributed by atoms with E-state index < -0.39 is 11.6 Å². The zero-order valence-electron chi connectivity index (χ0n) is 14.5. The van der Waals surface area contributed by atoms with Gasteiger partial charge in [0.05, 0.1) is 29.1 Å². The van der Waals surface area contributed by atoms with Gasteiger partial charge in [-0.1, -0.05) is 0 Å². The van der Waals surface area contributed by atoms with Crippen molar-refractivity contribution in [2.45, 2.75) is 45.8 Å². The summed E-state index contributed by atoms with van der Waals surface area (Å²) in [4.78, 5) is 12.7. The second-order valence-electron chi connectivity index (χ2n) is 6.37. The average Bonchev–Trinajstić information content (AvgIpc) is 3.16. The Morgan fingerprint density at radius 1 is 1.40 bits per heavy atom. The van der Waals surface area contributed by atoms with E-state index in [0.29, 0.717) is 23.6 Å². The Bertz CT molecular complexity index is 798. The van der Waals surface area contributed by atoms with Crippen LogP contribution in [0.5, 0.6) is 0 Å². The van der Waals surface area contributed by atoms with Gasteiger partial charge in [0.25, 0.3) is 5.91 Å². The van der Waals surface area contributed by atoms with Crippen LogP contribution < -0.4 is 5.32 Å². The molecule has 2 heterocycles. The van der Waals surface area contributed by atoms with Crippen LogP contribution in [0.1, 0.15) is 41.5 Å². The highest BCUT2D eigenvalue weighted by Crippen LogP contribution is 2.22. The highest BCUT2D eigenvalue weighted by molar-refractivity contribution is 5.96. The van der Waals surface area contributed by atoms with Crippen molar-refractivity contribution in [3.8, 4) is 5.69 Å². The fraction of sp³-hybridized carbons (Fsp3) is 0.444. The van der Waals surface area contributed by atoms with Crippen LogP contribution in [-0.2, 0) is 4.74 Å². The molecular formula is C18H21F2N3O2. The van der Waals surface area contributed by atoms with Gasteiger partial charge in [-0.05, 0) is 45.7 Å². The molecule has 1 saturated heterocycles. The van der Waals surface area contributed by atoms with Gasteiger partial charge in [0.2, 0.25) is 0 Å². The van der Waals surface area contributed by atoms with E-state index in [1.165, 1.54) is 10.7 Å². The number of carbonyl (C=O) groups excluding carboxylic acids is 1. The van der Waals surface area contributed by atoms with E-state index in [2.05, 4.69) is 10.4 Å². The predicted octanol–water partition coefficient (Wildman–Crippen LogP) is 3.06. The lowest BCUT2D eigenvalue weighted by Crippen LogP contribution is -2.41. The summed E-state index contributed by atoms with van der Waals surface area (Å²) in [6.07, 6.45) is 1.92. The molecule has 1 aromatic heterocycles. The van der Waals surface area contributed by atoms with Crippen molar-refractivity contribution < 1.29 is 18.3 Å². The topological polar surface area (TPSA) is 56.2 Å². The molecule has 1 N–H and O–H groups in total. The molecule has 134 valence electrons. The second kappa shape index (κ2) is 6.92. The van der Waals surface area contributed by atoms with Crippen molar-refractivity contribution in [3.05, 3.63) is 46.8 Å². The molecule has 0 aliphatic carbocycles. The van der Waals surface area contributed by atoms with Crippen molar-refractivity contribution in [2.24, 2.45) is 0 Å². The van der Waals surface area contributed by atoms with Gasteiger partial charge in [-0.25, -0.2) is 13.5 Å². The number of benzene rings is 1. The summed E-state index contributed by atoms with van der Waals surface area (Å²) in [5, 5.41) is 7.20. The van der Waals surface area contributed by atoms with Crippen molar-refractivity contribution in [1.82, 2.24) is 15.1 Å². The fourth-order valence-electron chi connectivity index (χ4n) is 3.23. The number of aryl methyl sites for hydroxylation is 1. The maximum absolute atomic E-state index is 14.1. The largest absolute Gasteiger partial charge is 0.376 e. The van der Waals surface area contributed by atoms with Crippen LogP contribution >= 0.6 is 0 Å². The first-order chi connectivity index (χ1) is 11.9. The summed E-state index contributed by atoms with van der Waals surface area (Å²) < 4.78 is 34.1. The number of hydrogen-bond acceptors (Lipinski definition) is 3. The molecule has 1 aliphatic rings. The van der Waals surface area contributed by atoms with E-state index in [-0.39, 0.29) is 23.7 Å². The number of aromatic nitrogens is 2. The molecule has 3 rings (SSSR count). The molecule has 1 aliphatic heterocycles. The molecule has 2 unspecified atom stereocenters. The van der Waals surface area contributed by atoms with Crippen molar-refractivity contribution in [3.63, 3.8) is 0 Å². The fourth-order valence-corrected chi connectivity index (χ4v) is 3.23. The van der Waals surface area contributed by atoms with E-state index in [0.717, 1.165) is 25.0 Å². The third-order valence-electron chi connectivity index (χ3n) is 4.54. The van der Waals surface area contributed by atoms with Crippen LogP contribution in [0.3, 0.4) is 0 Å². The number of amides is 1. The minimum atomic E-state index is -0.731. The number of hydrogen-bond donors (Lipinski definition) is 1. The van der Waals surface area contributed by atoms with Crippen molar-refractivity contribution in [1.29, 1.82) is 0 Å². The summed E-state index contributed by atoms with van der Waals surface area (Å²) in [5.74, 6) is -1.66. The van der Waals surface area contributed by atoms with Crippen LogP contribution in [0.25, 0.3) is 5.69 Å². The number of nitrogens with one attached hydrogen (secondary N) is 1. The molecule has 5 nitrogen and oxygen atoms in total. The van der Waals surface area contributed by atoms with E-state index in [1.807, 2.05) is 6.92 Å². The summed E-state index contributed by atoms with van der Waals surface area (Å²) >= 11 is 0. The number of rotatable bonds is 4. The third kappa shape index (κ3) is 3.42. The summed E-state index contributed by atoms with van der Waals surface area (Å²) in [5.41, 5.74) is 1.49. The highest BCUT2D eigenvalue weighted by atomic mass is 19.1. The van der Waals surface area contributed by atoms with Crippen LogP contribution in [-0.4, -0.2) is 34.4 Å². The smallest absolute Gasteiger partial charge is 0.255 e. The van der Waals surface area contributed by atoms with E-state index >= 15 is 0 Å². The zero-order valence-corrected chi connectivity index (χ0v) is 14.5. The highest BCUT2D eigenvalue weighted by Gasteiger charge is 2.27. The van der Waals surface area contributed by atoms with Gasteiger partial charge in [-0.15, -0.1) is 0 Å². The van der Waals surface area contributed by atoms with E-state index in [1.54, 1.807) is 13.8 Å². The lowest BCUT2D eigenvalue weighted by Gasteiger charge is -2.20. The van der Waals surface area contributed by atoms with E-state index in [4.69, 9.17) is 4.74 Å². The second-order valence-corrected chi connectivity index (χ2v) is 6.37. The lowest BCUT2D eigenvalue weighted by molar-refractivity contribution is 0.0711. The van der Waals surface area contributed by atoms with Gasteiger partial charge in [0.1, 0.15) is 11.5 Å². The van der Waals surface area contributed by atoms with Crippen LogP contribution in [0.2, 0.25) is 0 Å². The molecule has 2 atom stereocenters. The van der Waals surface area contributed by atoms with Gasteiger partial charge in [-0.2, -0.15) is 5.10 Å². The van der Waals surface area contributed by atoms with Gasteiger partial charge >= 0.3 is 0 Å². The molecule has 0 bridgehead atoms. The first kappa shape index (κ1) is 17.5. The lowest BCUT2D eigenvalue weighted by atomic mass is 10.1. The Kier molecular flexibility index (Phi) is 4.85. The standard InChI is InChI=1S/C18H21F2N3O2/c1-10(16-5-4-8-25-16)21-18(24)17-11(2)22-23(12(17)3)15-7-6-13(19)9-14(15)20/h6-7,9-10,16H,4-5,8H2,1-3H3,(H,21,24). The van der Waals surface area contributed by atoms with Gasteiger partial charge in [0, 0.05) is 12.7 Å². The van der Waals surface area contributed by atoms with Crippen LogP contribution in [0.15, 0.2) is 18.2 Å². The summed E-state index contributed by atoms with van der Waals surface area (Å²) in [6, 6.07) is 3.14. The molecule has 25 heavy (non-hydrogen) atoms. The molecule has 1 aromatic carbocycles. The molecule has 0 spiro atoms. The van der Waals surface area contributed by atoms with Gasteiger partial charge in [-0.3, -0.25) is 4.79 Å². The predicted molar refractivity (Wildman–Crippen MR) is 88.9 cm³/mol. The Labute approximate surface area is 145 Å². The quantitative estimate of drug-likeness (QED) is 0.923. The maximum Gasteiger partial charge on any atom is 0.255 e. The molecule has 1 fully saturated rings. The first-order valence-electron chi connectivity index (χ1n) is 8.32. The molecule has 2 aromatic rings. The summed E-state index contributed by atoms with van der Waals surface area (Å²) in [7, 11) is 0. The first-order valence-corrected chi connectivity index (χ1v) is 8.32. The molecular weight excluding hydrogens is 328 g/mol. The van der Waals surface area contributed by atoms with Crippen LogP contribution in [0, 0.1) is 25.5 Å². The molecule has 0 radical (unpaired) electrons. The van der Waals surface area contributed by atoms with Crippen molar-refractivity contribution >= 4 is 5.91 Å². The molecule has 7 heteroatoms. The van der Waals surface area contributed by atoms with Gasteiger partial charge in [0.15, 0.2) is 5.82 Å². The minimum absolute atomic E-state index is 0.00847. The Hall–Kier alpha value is -2.28. The monoisotopic (exact) mass is 349 g/mol. The minimum Gasteiger partial charge on any atom is -0.376 e. The average molecular weight is 349 g/mol. The molecule has 0 saturated carbocycles. The molecule has 1 amide bonds. The maximum atomic E-state index is 14.1. The third-order valence-corrected chi connectivity index (χ3v) is 4.54. The number of carbonyl (C=O) groups is 1. The Morgan fingerprint density at radius 3 is 2.80 bits per heavy atom. The normalized spacial score (nSPS) is 18.4. The van der Waals surface area contributed by atoms with Crippen molar-refractivity contribution in [2.75, 3.05) is 6.61 Å². The summed E-state index contributed by atoms with van der Waals surface area (Å²) in [6.45, 7) is 6.00. The SMILES string of the molecule is Cc1nn(-c2ccc(F)cc2F)c(C)c1C(=O)NC(C)C1CCCO1. The zero-order chi connectivity index (χ0) is 18.1. The Balaban J connectivity index is 1.87. The Morgan fingerprint density at radius 2 is 2.16 bits per heavy atom. The van der Waals surface area contributed by atoms with Gasteiger partial charge < -0.3 is 10.1 Å². The van der Waals surface area contributed by atoms with Crippen LogP contribution in [0.4, 0.5) is 8.78 Å². The number of halogens is 2.